The van der Waals surface area contributed by atoms with E-state index < -0.39 is 0 Å². The van der Waals surface area contributed by atoms with Crippen LogP contribution in [-0.4, -0.2) is 48.2 Å². The van der Waals surface area contributed by atoms with Crippen molar-refractivity contribution in [3.05, 3.63) is 24.3 Å². The maximum atomic E-state index is 4.80. The van der Waals surface area contributed by atoms with Crippen LogP contribution in [0.1, 0.15) is 53.5 Å². The first-order valence-electron chi connectivity index (χ1n) is 9.57. The molecule has 0 unspecified atom stereocenters. The first-order chi connectivity index (χ1) is 11.7. The van der Waals surface area contributed by atoms with Crippen molar-refractivity contribution in [1.82, 2.24) is 14.5 Å². The van der Waals surface area contributed by atoms with E-state index in [1.54, 1.807) is 0 Å². The highest BCUT2D eigenvalue weighted by atomic mass is 15.3. The summed E-state index contributed by atoms with van der Waals surface area (Å²) in [7, 11) is 4.16. The molecule has 0 radical (unpaired) electrons. The summed E-state index contributed by atoms with van der Waals surface area (Å²) >= 11 is 0. The number of piperidine rings is 1. The molecule has 24 heavy (non-hydrogen) atoms. The number of likely N-dealkylation sites (tertiary alicyclic amines) is 1. The molecule has 0 N–H and O–H groups in total. The lowest BCUT2D eigenvalue weighted by atomic mass is 10.0. The number of rotatable bonds is 3. The summed E-state index contributed by atoms with van der Waals surface area (Å²) in [5, 5.41) is 0. The number of hydrogen-bond donors (Lipinski definition) is 0. The quantitative estimate of drug-likeness (QED) is 0.806. The predicted octanol–water partition coefficient (Wildman–Crippen LogP) is 4.81. The molecular formula is C20H36N4. The molecule has 0 saturated carbocycles. The Labute approximate surface area is 148 Å². The maximum Gasteiger partial charge on any atom is 0.206 e. The van der Waals surface area contributed by atoms with Crippen LogP contribution in [0.3, 0.4) is 0 Å². The molecular weight excluding hydrogens is 296 g/mol. The van der Waals surface area contributed by atoms with E-state index in [0.29, 0.717) is 6.04 Å². The second kappa shape index (κ2) is 10.3. The van der Waals surface area contributed by atoms with Crippen LogP contribution in [0.5, 0.6) is 0 Å². The van der Waals surface area contributed by atoms with E-state index in [2.05, 4.69) is 59.7 Å². The first-order valence-corrected chi connectivity index (χ1v) is 9.57. The largest absolute Gasteiger partial charge is 0.348 e. The molecule has 0 aliphatic carbocycles. The topological polar surface area (TPSA) is 24.3 Å². The zero-order chi connectivity index (χ0) is 18.1. The zero-order valence-electron chi connectivity index (χ0n) is 16.7. The van der Waals surface area contributed by atoms with Crippen LogP contribution in [-0.2, 0) is 0 Å². The molecule has 1 saturated heterocycles. The molecule has 2 heterocycles. The molecule has 1 aliphatic rings. The summed E-state index contributed by atoms with van der Waals surface area (Å²) in [6.45, 7) is 13.8. The molecule has 1 aliphatic heterocycles. The van der Waals surface area contributed by atoms with E-state index >= 15 is 0 Å². The van der Waals surface area contributed by atoms with E-state index in [0.717, 1.165) is 18.0 Å². The highest BCUT2D eigenvalue weighted by Crippen LogP contribution is 2.31. The van der Waals surface area contributed by atoms with Gasteiger partial charge < -0.3 is 14.4 Å². The average Bonchev–Trinajstić information content (AvgIpc) is 3.05. The molecule has 2 aromatic rings. The second-order valence-corrected chi connectivity index (χ2v) is 5.83. The van der Waals surface area contributed by atoms with Gasteiger partial charge in [-0.2, -0.15) is 0 Å². The van der Waals surface area contributed by atoms with Gasteiger partial charge >= 0.3 is 0 Å². The van der Waals surface area contributed by atoms with E-state index in [9.17, 15) is 0 Å². The zero-order valence-corrected chi connectivity index (χ0v) is 16.7. The summed E-state index contributed by atoms with van der Waals surface area (Å²) < 4.78 is 2.45. The Morgan fingerprint density at radius 3 is 2.17 bits per heavy atom. The number of hydrogen-bond acceptors (Lipinski definition) is 3. The summed E-state index contributed by atoms with van der Waals surface area (Å²) in [6.07, 6.45) is 2.43. The molecule has 0 amide bonds. The van der Waals surface area contributed by atoms with Crippen LogP contribution >= 0.6 is 0 Å². The monoisotopic (exact) mass is 332 g/mol. The van der Waals surface area contributed by atoms with Crippen LogP contribution in [0.25, 0.3) is 11.0 Å². The molecule has 0 atom stereocenters. The van der Waals surface area contributed by atoms with E-state index in [1.807, 2.05) is 27.7 Å². The number of aromatic nitrogens is 2. The summed E-state index contributed by atoms with van der Waals surface area (Å²) in [5.74, 6) is 1.08. The molecule has 4 heteroatoms. The number of imidazole rings is 1. The van der Waals surface area contributed by atoms with Crippen molar-refractivity contribution in [2.45, 2.75) is 53.5 Å². The molecule has 1 aromatic carbocycles. The SMILES string of the molecule is CC.CC.CCN1CCC(n2c(N(C)C)nc3ccccc32)CC1. The average molecular weight is 333 g/mol. The minimum absolute atomic E-state index is 0.572. The smallest absolute Gasteiger partial charge is 0.206 e. The minimum Gasteiger partial charge on any atom is -0.348 e. The Kier molecular flexibility index (Phi) is 8.83. The lowest BCUT2D eigenvalue weighted by Crippen LogP contribution is -2.35. The first kappa shape index (κ1) is 20.5. The van der Waals surface area contributed by atoms with E-state index in [4.69, 9.17) is 4.98 Å². The number of para-hydroxylation sites is 2. The fourth-order valence-electron chi connectivity index (χ4n) is 3.20. The van der Waals surface area contributed by atoms with Crippen molar-refractivity contribution < 1.29 is 0 Å². The number of nitrogens with zero attached hydrogens (tertiary/aromatic N) is 4. The third-order valence-corrected chi connectivity index (χ3v) is 4.35. The van der Waals surface area contributed by atoms with Gasteiger partial charge in [0.25, 0.3) is 0 Å². The Balaban J connectivity index is 0.000000671. The van der Waals surface area contributed by atoms with Gasteiger partial charge in [-0.25, -0.2) is 4.98 Å². The van der Waals surface area contributed by atoms with Gasteiger partial charge in [0.05, 0.1) is 11.0 Å². The summed E-state index contributed by atoms with van der Waals surface area (Å²) in [4.78, 5) is 9.47. The number of anilines is 1. The normalized spacial score (nSPS) is 15.3. The lowest BCUT2D eigenvalue weighted by Gasteiger charge is -2.33. The van der Waals surface area contributed by atoms with Crippen molar-refractivity contribution in [1.29, 1.82) is 0 Å². The van der Waals surface area contributed by atoms with Crippen molar-refractivity contribution in [2.24, 2.45) is 0 Å². The van der Waals surface area contributed by atoms with Crippen LogP contribution in [0.4, 0.5) is 5.95 Å². The Bertz CT molecular complexity index is 580. The molecule has 1 aromatic heterocycles. The fourth-order valence-corrected chi connectivity index (χ4v) is 3.20. The highest BCUT2D eigenvalue weighted by molar-refractivity contribution is 5.79. The standard InChI is InChI=1S/C16H24N4.2C2H6/c1-4-19-11-9-13(10-12-19)20-15-8-6-5-7-14(15)17-16(20)18(2)3;2*1-2/h5-8,13H,4,9-12H2,1-3H3;2*1-2H3. The number of fused-ring (bicyclic) bond motifs is 1. The van der Waals surface area contributed by atoms with Crippen molar-refractivity contribution >= 4 is 17.0 Å². The maximum absolute atomic E-state index is 4.80. The predicted molar refractivity (Wildman–Crippen MR) is 107 cm³/mol. The summed E-state index contributed by atoms with van der Waals surface area (Å²) in [6, 6.07) is 9.06. The van der Waals surface area contributed by atoms with E-state index in [1.165, 1.54) is 31.4 Å². The molecule has 136 valence electrons. The van der Waals surface area contributed by atoms with Crippen LogP contribution in [0, 0.1) is 0 Å². The van der Waals surface area contributed by atoms with Crippen molar-refractivity contribution in [3.8, 4) is 0 Å². The van der Waals surface area contributed by atoms with Gasteiger partial charge in [0.1, 0.15) is 0 Å². The fraction of sp³-hybridized carbons (Fsp3) is 0.650. The van der Waals surface area contributed by atoms with Crippen molar-refractivity contribution in [3.63, 3.8) is 0 Å². The van der Waals surface area contributed by atoms with Crippen LogP contribution in [0.15, 0.2) is 24.3 Å². The third kappa shape index (κ3) is 4.50. The second-order valence-electron chi connectivity index (χ2n) is 5.83. The Morgan fingerprint density at radius 2 is 1.62 bits per heavy atom. The van der Waals surface area contributed by atoms with Gasteiger partial charge in [0.15, 0.2) is 0 Å². The highest BCUT2D eigenvalue weighted by Gasteiger charge is 2.24. The molecule has 1 fully saturated rings. The van der Waals surface area contributed by atoms with Crippen LogP contribution < -0.4 is 4.90 Å². The summed E-state index contributed by atoms with van der Waals surface area (Å²) in [5.41, 5.74) is 2.38. The molecule has 0 bridgehead atoms. The van der Waals surface area contributed by atoms with Gasteiger partial charge in [-0.05, 0) is 31.5 Å². The third-order valence-electron chi connectivity index (χ3n) is 4.35. The van der Waals surface area contributed by atoms with E-state index in [-0.39, 0.29) is 0 Å². The minimum atomic E-state index is 0.572. The van der Waals surface area contributed by atoms with Gasteiger partial charge in [-0.15, -0.1) is 0 Å². The Hall–Kier alpha value is -1.55. The Morgan fingerprint density at radius 1 is 1.04 bits per heavy atom. The van der Waals surface area contributed by atoms with Gasteiger partial charge in [-0.1, -0.05) is 46.8 Å². The van der Waals surface area contributed by atoms with Crippen LogP contribution in [0.2, 0.25) is 0 Å². The van der Waals surface area contributed by atoms with Gasteiger partial charge in [-0.3, -0.25) is 0 Å². The van der Waals surface area contributed by atoms with Gasteiger partial charge in [0.2, 0.25) is 5.95 Å². The molecule has 4 nitrogen and oxygen atoms in total. The van der Waals surface area contributed by atoms with Gasteiger partial charge in [0, 0.05) is 33.2 Å². The molecule has 0 spiro atoms. The van der Waals surface area contributed by atoms with Crippen molar-refractivity contribution in [2.75, 3.05) is 38.6 Å². The lowest BCUT2D eigenvalue weighted by molar-refractivity contribution is 0.197. The number of benzene rings is 1. The molecule has 3 rings (SSSR count).